The zero-order valence-electron chi connectivity index (χ0n) is 11.5. The van der Waals surface area contributed by atoms with Gasteiger partial charge in [0.2, 0.25) is 10.0 Å². The van der Waals surface area contributed by atoms with Crippen molar-refractivity contribution in [3.05, 3.63) is 32.8 Å². The fourth-order valence-corrected chi connectivity index (χ4v) is 4.45. The first-order chi connectivity index (χ1) is 9.84. The van der Waals surface area contributed by atoms with Gasteiger partial charge >= 0.3 is 0 Å². The van der Waals surface area contributed by atoms with Crippen molar-refractivity contribution in [2.24, 2.45) is 0 Å². The van der Waals surface area contributed by atoms with Gasteiger partial charge in [-0.15, -0.1) is 0 Å². The number of hydrogen-bond acceptors (Lipinski definition) is 5. The monoisotopic (exact) mass is 377 g/mol. The molecule has 9 heteroatoms. The van der Waals surface area contributed by atoms with E-state index in [4.69, 9.17) is 0 Å². The molecule has 0 atom stereocenters. The van der Waals surface area contributed by atoms with E-state index < -0.39 is 14.9 Å². The summed E-state index contributed by atoms with van der Waals surface area (Å²) in [4.78, 5) is 10.3. The van der Waals surface area contributed by atoms with Gasteiger partial charge in [-0.3, -0.25) is 10.1 Å². The molecule has 7 nitrogen and oxygen atoms in total. The Hall–Kier alpha value is -1.03. The summed E-state index contributed by atoms with van der Waals surface area (Å²) in [7, 11) is -2.09. The highest BCUT2D eigenvalue weighted by Gasteiger charge is 2.30. The summed E-state index contributed by atoms with van der Waals surface area (Å²) in [5, 5.41) is 14.0. The van der Waals surface area contributed by atoms with E-state index in [1.54, 1.807) is 7.05 Å². The highest BCUT2D eigenvalue weighted by Crippen LogP contribution is 2.29. The minimum Gasteiger partial charge on any atom is -0.317 e. The van der Waals surface area contributed by atoms with Crippen LogP contribution in [0.15, 0.2) is 27.6 Å². The summed E-state index contributed by atoms with van der Waals surface area (Å²) in [6, 6.07) is 3.71. The van der Waals surface area contributed by atoms with Crippen LogP contribution in [0.4, 0.5) is 5.69 Å². The number of nitrogens with zero attached hydrogens (tertiary/aromatic N) is 2. The van der Waals surface area contributed by atoms with Crippen molar-refractivity contribution < 1.29 is 13.3 Å². The van der Waals surface area contributed by atoms with Gasteiger partial charge in [0.25, 0.3) is 5.69 Å². The van der Waals surface area contributed by atoms with Gasteiger partial charge in [0.1, 0.15) is 0 Å². The summed E-state index contributed by atoms with van der Waals surface area (Å²) in [6.07, 6.45) is 1.51. The number of piperidine rings is 1. The van der Waals surface area contributed by atoms with E-state index in [0.29, 0.717) is 0 Å². The summed E-state index contributed by atoms with van der Waals surface area (Å²) in [5.41, 5.74) is -0.154. The van der Waals surface area contributed by atoms with Crippen LogP contribution in [-0.2, 0) is 10.0 Å². The van der Waals surface area contributed by atoms with E-state index in [2.05, 4.69) is 21.2 Å². The van der Waals surface area contributed by atoms with Crippen molar-refractivity contribution in [1.82, 2.24) is 9.62 Å². The topological polar surface area (TPSA) is 92.6 Å². The standard InChI is InChI=1S/C12H16BrN3O4S/c1-15(9-4-6-14-7-5-9)21(19,20)10-2-3-12(16(17)18)11(13)8-10/h2-3,8-9,14H,4-7H2,1H3. The number of halogens is 1. The number of nitro benzene ring substituents is 1. The highest BCUT2D eigenvalue weighted by molar-refractivity contribution is 9.10. The normalized spacial score (nSPS) is 17.1. The largest absolute Gasteiger partial charge is 0.317 e. The predicted molar refractivity (Wildman–Crippen MR) is 81.6 cm³/mol. The molecule has 0 saturated carbocycles. The van der Waals surface area contributed by atoms with Gasteiger partial charge in [0.05, 0.1) is 14.3 Å². The third-order valence-corrected chi connectivity index (χ3v) is 6.16. The van der Waals surface area contributed by atoms with E-state index in [0.717, 1.165) is 25.9 Å². The van der Waals surface area contributed by atoms with Crippen LogP contribution in [0, 0.1) is 10.1 Å². The molecule has 21 heavy (non-hydrogen) atoms. The van der Waals surface area contributed by atoms with E-state index in [1.807, 2.05) is 0 Å². The van der Waals surface area contributed by atoms with Crippen LogP contribution in [0.2, 0.25) is 0 Å². The van der Waals surface area contributed by atoms with Gasteiger partial charge in [-0.25, -0.2) is 8.42 Å². The number of rotatable bonds is 4. The lowest BCUT2D eigenvalue weighted by Crippen LogP contribution is -2.43. The number of nitro groups is 1. The Morgan fingerprint density at radius 3 is 2.52 bits per heavy atom. The number of nitrogens with one attached hydrogen (secondary N) is 1. The van der Waals surface area contributed by atoms with Gasteiger partial charge in [-0.1, -0.05) is 0 Å². The smallest absolute Gasteiger partial charge is 0.283 e. The lowest BCUT2D eigenvalue weighted by atomic mass is 10.1. The van der Waals surface area contributed by atoms with Crippen LogP contribution in [0.1, 0.15) is 12.8 Å². The molecule has 1 heterocycles. The van der Waals surface area contributed by atoms with Crippen LogP contribution >= 0.6 is 15.9 Å². The first-order valence-corrected chi connectivity index (χ1v) is 8.70. The Kier molecular flexibility index (Phi) is 4.97. The Bertz CT molecular complexity index is 644. The molecule has 1 fully saturated rings. The maximum Gasteiger partial charge on any atom is 0.283 e. The van der Waals surface area contributed by atoms with Crippen LogP contribution in [0.25, 0.3) is 0 Å². The molecule has 1 aliphatic rings. The summed E-state index contributed by atoms with van der Waals surface area (Å²) in [6.45, 7) is 1.57. The molecule has 0 unspecified atom stereocenters. The molecule has 1 N–H and O–H groups in total. The van der Waals surface area contributed by atoms with Crippen molar-refractivity contribution in [2.45, 2.75) is 23.8 Å². The fraction of sp³-hybridized carbons (Fsp3) is 0.500. The third-order valence-electron chi connectivity index (χ3n) is 3.62. The summed E-state index contributed by atoms with van der Waals surface area (Å²) >= 11 is 3.05. The van der Waals surface area contributed by atoms with E-state index >= 15 is 0 Å². The second-order valence-electron chi connectivity index (χ2n) is 4.87. The second kappa shape index (κ2) is 6.39. The van der Waals surface area contributed by atoms with Gasteiger partial charge in [0, 0.05) is 19.2 Å². The average molecular weight is 378 g/mol. The molecule has 1 aliphatic heterocycles. The van der Waals surface area contributed by atoms with E-state index in [1.165, 1.54) is 22.5 Å². The van der Waals surface area contributed by atoms with Crippen LogP contribution in [0.5, 0.6) is 0 Å². The molecular formula is C12H16BrN3O4S. The highest BCUT2D eigenvalue weighted by atomic mass is 79.9. The number of benzene rings is 1. The fourth-order valence-electron chi connectivity index (χ4n) is 2.33. The molecule has 0 radical (unpaired) electrons. The van der Waals surface area contributed by atoms with Crippen molar-refractivity contribution in [1.29, 1.82) is 0 Å². The Morgan fingerprint density at radius 2 is 2.00 bits per heavy atom. The quantitative estimate of drug-likeness (QED) is 0.636. The lowest BCUT2D eigenvalue weighted by molar-refractivity contribution is -0.385. The maximum absolute atomic E-state index is 12.6. The number of hydrogen-bond donors (Lipinski definition) is 1. The van der Waals surface area contributed by atoms with Crippen molar-refractivity contribution in [3.63, 3.8) is 0 Å². The van der Waals surface area contributed by atoms with Crippen molar-refractivity contribution >= 4 is 31.6 Å². The van der Waals surface area contributed by atoms with Crippen LogP contribution in [-0.4, -0.2) is 43.8 Å². The Labute approximate surface area is 131 Å². The molecule has 0 amide bonds. The molecule has 1 aromatic carbocycles. The predicted octanol–water partition coefficient (Wildman–Crippen LogP) is 1.73. The molecular weight excluding hydrogens is 362 g/mol. The van der Waals surface area contributed by atoms with E-state index in [9.17, 15) is 18.5 Å². The van der Waals surface area contributed by atoms with Crippen LogP contribution < -0.4 is 5.32 Å². The molecule has 1 aromatic rings. The molecule has 0 aromatic heterocycles. The summed E-state index contributed by atoms with van der Waals surface area (Å²) in [5.74, 6) is 0. The molecule has 0 bridgehead atoms. The van der Waals surface area contributed by atoms with Crippen molar-refractivity contribution in [2.75, 3.05) is 20.1 Å². The maximum atomic E-state index is 12.6. The van der Waals surface area contributed by atoms with Gasteiger partial charge in [0.15, 0.2) is 0 Å². The Balaban J connectivity index is 2.30. The van der Waals surface area contributed by atoms with Crippen LogP contribution in [0.3, 0.4) is 0 Å². The molecule has 0 aliphatic carbocycles. The van der Waals surface area contributed by atoms with Gasteiger partial charge < -0.3 is 5.32 Å². The minimum atomic E-state index is -3.65. The molecule has 2 rings (SSSR count). The zero-order valence-corrected chi connectivity index (χ0v) is 13.9. The molecule has 0 spiro atoms. The lowest BCUT2D eigenvalue weighted by Gasteiger charge is -2.30. The third kappa shape index (κ3) is 3.42. The van der Waals surface area contributed by atoms with E-state index in [-0.39, 0.29) is 21.1 Å². The minimum absolute atomic E-state index is 0.0507. The molecule has 1 saturated heterocycles. The molecule has 116 valence electrons. The van der Waals surface area contributed by atoms with Gasteiger partial charge in [-0.05, 0) is 54.0 Å². The second-order valence-corrected chi connectivity index (χ2v) is 7.72. The van der Waals surface area contributed by atoms with Crippen molar-refractivity contribution in [3.8, 4) is 0 Å². The first kappa shape index (κ1) is 16.3. The zero-order chi connectivity index (χ0) is 15.6. The Morgan fingerprint density at radius 1 is 1.38 bits per heavy atom. The number of sulfonamides is 1. The summed E-state index contributed by atoms with van der Waals surface area (Å²) < 4.78 is 26.7. The average Bonchev–Trinajstić information content (AvgIpc) is 2.46. The first-order valence-electron chi connectivity index (χ1n) is 6.46. The SMILES string of the molecule is CN(C1CCNCC1)S(=O)(=O)c1ccc([N+](=O)[O-])c(Br)c1. The van der Waals surface area contributed by atoms with Gasteiger partial charge in [-0.2, -0.15) is 4.31 Å².